The van der Waals surface area contributed by atoms with Gasteiger partial charge in [-0.2, -0.15) is 5.26 Å². The van der Waals surface area contributed by atoms with E-state index in [1.54, 1.807) is 0 Å². The number of para-hydroxylation sites is 2. The number of amides is 1. The van der Waals surface area contributed by atoms with Crippen molar-refractivity contribution < 1.29 is 4.79 Å². The van der Waals surface area contributed by atoms with E-state index in [4.69, 9.17) is 0 Å². The van der Waals surface area contributed by atoms with Crippen LogP contribution in [0.25, 0.3) is 11.0 Å². The van der Waals surface area contributed by atoms with Crippen molar-refractivity contribution >= 4 is 22.9 Å². The van der Waals surface area contributed by atoms with E-state index >= 15 is 0 Å². The van der Waals surface area contributed by atoms with Gasteiger partial charge in [-0.1, -0.05) is 43.3 Å². The first-order chi connectivity index (χ1) is 11.7. The molecule has 0 saturated heterocycles. The van der Waals surface area contributed by atoms with E-state index in [1.807, 2.05) is 41.0 Å². The van der Waals surface area contributed by atoms with Crippen molar-refractivity contribution in [2.45, 2.75) is 19.4 Å². The standard InChI is InChI=1S/C19H16N4O/c1-2-12-7-9-13(10-8-12)17-14(11-20)18(24)22-19-21-15-5-3-4-6-16(15)23(17)19/h3-10,14,17H,2H2,1H3,(H,21,22,24)/t14-,17-/m0/s1. The zero-order chi connectivity index (χ0) is 16.7. The lowest BCUT2D eigenvalue weighted by Crippen LogP contribution is -2.37. The average Bonchev–Trinajstić information content (AvgIpc) is 2.98. The molecule has 0 unspecified atom stereocenters. The van der Waals surface area contributed by atoms with E-state index in [2.05, 4.69) is 35.4 Å². The first-order valence-electron chi connectivity index (χ1n) is 7.99. The fourth-order valence-corrected chi connectivity index (χ4v) is 3.32. The number of fused-ring (bicyclic) bond motifs is 3. The molecule has 0 radical (unpaired) electrons. The van der Waals surface area contributed by atoms with Crippen LogP contribution in [0.5, 0.6) is 0 Å². The van der Waals surface area contributed by atoms with Crippen LogP contribution >= 0.6 is 0 Å². The summed E-state index contributed by atoms with van der Waals surface area (Å²) in [5, 5.41) is 12.3. The zero-order valence-electron chi connectivity index (χ0n) is 13.2. The van der Waals surface area contributed by atoms with Crippen molar-refractivity contribution in [1.29, 1.82) is 5.26 Å². The monoisotopic (exact) mass is 316 g/mol. The number of hydrogen-bond acceptors (Lipinski definition) is 3. The minimum absolute atomic E-state index is 0.301. The number of rotatable bonds is 2. The summed E-state index contributed by atoms with van der Waals surface area (Å²) >= 11 is 0. The minimum Gasteiger partial charge on any atom is -0.300 e. The third-order valence-corrected chi connectivity index (χ3v) is 4.58. The van der Waals surface area contributed by atoms with Gasteiger partial charge in [-0.25, -0.2) is 4.98 Å². The van der Waals surface area contributed by atoms with E-state index in [-0.39, 0.29) is 11.9 Å². The highest BCUT2D eigenvalue weighted by molar-refractivity contribution is 5.97. The predicted octanol–water partition coefficient (Wildman–Crippen LogP) is 3.28. The molecule has 2 heterocycles. The van der Waals surface area contributed by atoms with Gasteiger partial charge in [0.1, 0.15) is 0 Å². The van der Waals surface area contributed by atoms with Crippen LogP contribution in [0.3, 0.4) is 0 Å². The summed E-state index contributed by atoms with van der Waals surface area (Å²) in [6.07, 6.45) is 0.951. The molecule has 5 heteroatoms. The van der Waals surface area contributed by atoms with Gasteiger partial charge in [-0.3, -0.25) is 10.1 Å². The Bertz CT molecular complexity index is 965. The number of carbonyl (C=O) groups excluding carboxylic acids is 1. The van der Waals surface area contributed by atoms with Gasteiger partial charge in [-0.15, -0.1) is 0 Å². The normalized spacial score (nSPS) is 19.6. The van der Waals surface area contributed by atoms with Crippen molar-refractivity contribution in [1.82, 2.24) is 9.55 Å². The Morgan fingerprint density at radius 2 is 1.96 bits per heavy atom. The maximum Gasteiger partial charge on any atom is 0.246 e. The number of benzene rings is 2. The molecule has 24 heavy (non-hydrogen) atoms. The molecule has 0 aliphatic carbocycles. The van der Waals surface area contributed by atoms with Crippen molar-refractivity contribution in [2.24, 2.45) is 5.92 Å². The number of hydrogen-bond donors (Lipinski definition) is 1. The highest BCUT2D eigenvalue weighted by Crippen LogP contribution is 2.37. The Morgan fingerprint density at radius 3 is 2.67 bits per heavy atom. The second kappa shape index (κ2) is 5.50. The van der Waals surface area contributed by atoms with Crippen molar-refractivity contribution in [3.05, 3.63) is 59.7 Å². The summed E-state index contributed by atoms with van der Waals surface area (Å²) in [7, 11) is 0. The lowest BCUT2D eigenvalue weighted by molar-refractivity contribution is -0.119. The lowest BCUT2D eigenvalue weighted by Gasteiger charge is -2.30. The van der Waals surface area contributed by atoms with Crippen LogP contribution in [0.15, 0.2) is 48.5 Å². The second-order valence-electron chi connectivity index (χ2n) is 5.93. The van der Waals surface area contributed by atoms with Crippen LogP contribution in [-0.4, -0.2) is 15.5 Å². The van der Waals surface area contributed by atoms with Gasteiger partial charge in [0.15, 0.2) is 5.92 Å². The number of nitriles is 1. The molecule has 0 spiro atoms. The molecule has 2 aromatic carbocycles. The molecule has 1 amide bonds. The van der Waals surface area contributed by atoms with Gasteiger partial charge in [0.25, 0.3) is 0 Å². The second-order valence-corrected chi connectivity index (χ2v) is 5.93. The number of aryl methyl sites for hydroxylation is 1. The van der Waals surface area contributed by atoms with Gasteiger partial charge in [-0.05, 0) is 29.7 Å². The predicted molar refractivity (Wildman–Crippen MR) is 91.4 cm³/mol. The number of nitrogens with one attached hydrogen (secondary N) is 1. The van der Waals surface area contributed by atoms with Crippen LogP contribution in [0.4, 0.5) is 5.95 Å². The number of carbonyl (C=O) groups is 1. The van der Waals surface area contributed by atoms with E-state index < -0.39 is 5.92 Å². The Hall–Kier alpha value is -3.13. The maximum atomic E-state index is 12.4. The van der Waals surface area contributed by atoms with Gasteiger partial charge in [0, 0.05) is 0 Å². The molecule has 1 aromatic heterocycles. The van der Waals surface area contributed by atoms with Gasteiger partial charge < -0.3 is 4.57 Å². The molecule has 3 aromatic rings. The number of anilines is 1. The fourth-order valence-electron chi connectivity index (χ4n) is 3.32. The summed E-state index contributed by atoms with van der Waals surface area (Å²) in [5.74, 6) is -0.593. The van der Waals surface area contributed by atoms with Crippen molar-refractivity contribution in [3.8, 4) is 6.07 Å². The summed E-state index contributed by atoms with van der Waals surface area (Å²) < 4.78 is 1.96. The van der Waals surface area contributed by atoms with Gasteiger partial charge >= 0.3 is 0 Å². The van der Waals surface area contributed by atoms with E-state index in [1.165, 1.54) is 5.56 Å². The molecule has 1 aliphatic rings. The van der Waals surface area contributed by atoms with E-state index in [9.17, 15) is 10.1 Å². The Balaban J connectivity index is 1.95. The molecule has 0 saturated carbocycles. The minimum atomic E-state index is -0.789. The quantitative estimate of drug-likeness (QED) is 0.788. The van der Waals surface area contributed by atoms with Crippen LogP contribution in [0.2, 0.25) is 0 Å². The van der Waals surface area contributed by atoms with Crippen LogP contribution in [0.1, 0.15) is 24.1 Å². The van der Waals surface area contributed by atoms with Crippen molar-refractivity contribution in [2.75, 3.05) is 5.32 Å². The highest BCUT2D eigenvalue weighted by Gasteiger charge is 2.38. The average molecular weight is 316 g/mol. The third-order valence-electron chi connectivity index (χ3n) is 4.58. The zero-order valence-corrected chi connectivity index (χ0v) is 13.2. The molecule has 2 atom stereocenters. The number of nitrogens with zero attached hydrogens (tertiary/aromatic N) is 3. The molecule has 0 bridgehead atoms. The molecule has 1 aliphatic heterocycles. The summed E-state index contributed by atoms with van der Waals surface area (Å²) in [4.78, 5) is 16.9. The van der Waals surface area contributed by atoms with Crippen LogP contribution in [0, 0.1) is 17.2 Å². The summed E-state index contributed by atoms with van der Waals surface area (Å²) in [6.45, 7) is 2.10. The molecular weight excluding hydrogens is 300 g/mol. The largest absolute Gasteiger partial charge is 0.300 e. The van der Waals surface area contributed by atoms with Gasteiger partial charge in [0.05, 0.1) is 23.1 Å². The molecule has 5 nitrogen and oxygen atoms in total. The molecule has 4 rings (SSSR count). The lowest BCUT2D eigenvalue weighted by atomic mass is 9.90. The fraction of sp³-hybridized carbons (Fsp3) is 0.211. The summed E-state index contributed by atoms with van der Waals surface area (Å²) in [6, 6.07) is 17.6. The van der Waals surface area contributed by atoms with E-state index in [0.717, 1.165) is 23.0 Å². The molecular formula is C19H16N4O. The first-order valence-corrected chi connectivity index (χ1v) is 7.99. The van der Waals surface area contributed by atoms with Gasteiger partial charge in [0.2, 0.25) is 11.9 Å². The van der Waals surface area contributed by atoms with Crippen LogP contribution in [-0.2, 0) is 11.2 Å². The SMILES string of the molecule is CCc1ccc([C@H]2[C@H](C#N)C(=O)Nc3nc4ccccc4n32)cc1. The molecule has 0 fully saturated rings. The Labute approximate surface area is 139 Å². The maximum absolute atomic E-state index is 12.4. The highest BCUT2D eigenvalue weighted by atomic mass is 16.2. The molecule has 118 valence electrons. The van der Waals surface area contributed by atoms with Crippen LogP contribution < -0.4 is 5.32 Å². The number of imidazole rings is 1. The van der Waals surface area contributed by atoms with E-state index in [0.29, 0.717) is 5.95 Å². The topological polar surface area (TPSA) is 70.7 Å². The smallest absolute Gasteiger partial charge is 0.246 e. The first kappa shape index (κ1) is 14.5. The van der Waals surface area contributed by atoms with Crippen molar-refractivity contribution in [3.63, 3.8) is 0 Å². The third kappa shape index (κ3) is 2.08. The number of aromatic nitrogens is 2. The molecule has 1 N–H and O–H groups in total. The Kier molecular flexibility index (Phi) is 3.31. The summed E-state index contributed by atoms with van der Waals surface area (Å²) in [5.41, 5.74) is 3.89. The Morgan fingerprint density at radius 1 is 1.21 bits per heavy atom.